The van der Waals surface area contributed by atoms with Crippen molar-refractivity contribution in [1.82, 2.24) is 10.6 Å². The third kappa shape index (κ3) is 1.78. The van der Waals surface area contributed by atoms with E-state index in [1.54, 1.807) is 6.92 Å². The van der Waals surface area contributed by atoms with E-state index in [0.29, 0.717) is 5.69 Å². The van der Waals surface area contributed by atoms with Gasteiger partial charge >= 0.3 is 5.91 Å². The van der Waals surface area contributed by atoms with Gasteiger partial charge in [-0.3, -0.25) is 9.63 Å². The molecule has 1 rings (SSSR count). The van der Waals surface area contributed by atoms with Crippen LogP contribution in [0.3, 0.4) is 0 Å². The molecule has 0 spiro atoms. The molecule has 0 bridgehead atoms. The molecule has 1 amide bonds. The molecule has 60 valence electrons. The number of hydrogen-bond donors (Lipinski definition) is 1. The molecule has 1 heterocycles. The molecule has 0 aliphatic carbocycles. The summed E-state index contributed by atoms with van der Waals surface area (Å²) in [5.41, 5.74) is 2.76. The van der Waals surface area contributed by atoms with Crippen molar-refractivity contribution in [2.45, 2.75) is 6.92 Å². The molecule has 0 saturated carbocycles. The number of nitrogens with one attached hydrogen (secondary N) is 1. The SMILES string of the molecule is CONC(=O)c1cc(C)no1. The number of aryl methyl sites for hydroxylation is 1. The van der Waals surface area contributed by atoms with E-state index >= 15 is 0 Å². The first-order valence-electron chi connectivity index (χ1n) is 3.00. The maximum absolute atomic E-state index is 10.9. The third-order valence-corrected chi connectivity index (χ3v) is 1.05. The van der Waals surface area contributed by atoms with Gasteiger partial charge in [-0.15, -0.1) is 0 Å². The minimum atomic E-state index is -0.437. The fourth-order valence-electron chi connectivity index (χ4n) is 0.614. The van der Waals surface area contributed by atoms with E-state index in [9.17, 15) is 4.79 Å². The van der Waals surface area contributed by atoms with Crippen molar-refractivity contribution in [1.29, 1.82) is 0 Å². The molecule has 0 aromatic carbocycles. The Morgan fingerprint density at radius 3 is 3.00 bits per heavy atom. The lowest BCUT2D eigenvalue weighted by Crippen LogP contribution is -2.21. The Bertz CT molecular complexity index is 256. The van der Waals surface area contributed by atoms with E-state index in [-0.39, 0.29) is 5.76 Å². The van der Waals surface area contributed by atoms with Gasteiger partial charge in [0.25, 0.3) is 0 Å². The maximum Gasteiger partial charge on any atom is 0.313 e. The van der Waals surface area contributed by atoms with Crippen LogP contribution in [0.4, 0.5) is 0 Å². The summed E-state index contributed by atoms with van der Waals surface area (Å²) in [7, 11) is 1.35. The summed E-state index contributed by atoms with van der Waals surface area (Å²) in [5, 5.41) is 3.53. The van der Waals surface area contributed by atoms with E-state index in [1.807, 2.05) is 0 Å². The zero-order chi connectivity index (χ0) is 8.27. The van der Waals surface area contributed by atoms with Crippen LogP contribution < -0.4 is 5.48 Å². The molecule has 1 aromatic rings. The van der Waals surface area contributed by atoms with E-state index < -0.39 is 5.91 Å². The summed E-state index contributed by atoms with van der Waals surface area (Å²) in [6.45, 7) is 1.73. The van der Waals surface area contributed by atoms with Gasteiger partial charge in [-0.05, 0) is 6.92 Å². The Balaban J connectivity index is 2.69. The minimum absolute atomic E-state index is 0.143. The van der Waals surface area contributed by atoms with Gasteiger partial charge in [-0.2, -0.15) is 0 Å². The number of hydroxylamine groups is 1. The number of rotatable bonds is 2. The highest BCUT2D eigenvalue weighted by Gasteiger charge is 2.09. The van der Waals surface area contributed by atoms with Crippen LogP contribution >= 0.6 is 0 Å². The smallest absolute Gasteiger partial charge is 0.313 e. The maximum atomic E-state index is 10.9. The molecule has 1 N–H and O–H groups in total. The number of aromatic nitrogens is 1. The van der Waals surface area contributed by atoms with Gasteiger partial charge in [0.05, 0.1) is 12.8 Å². The largest absolute Gasteiger partial charge is 0.351 e. The summed E-state index contributed by atoms with van der Waals surface area (Å²) in [4.78, 5) is 15.3. The summed E-state index contributed by atoms with van der Waals surface area (Å²) in [5.74, 6) is -0.294. The van der Waals surface area contributed by atoms with Crippen molar-refractivity contribution < 1.29 is 14.2 Å². The normalized spacial score (nSPS) is 9.64. The quantitative estimate of drug-likeness (QED) is 0.624. The topological polar surface area (TPSA) is 64.4 Å². The lowest BCUT2D eigenvalue weighted by atomic mass is 10.4. The molecule has 0 atom stereocenters. The number of nitrogens with zero attached hydrogens (tertiary/aromatic N) is 1. The number of amides is 1. The second-order valence-electron chi connectivity index (χ2n) is 1.97. The first kappa shape index (κ1) is 7.74. The van der Waals surface area contributed by atoms with Crippen LogP contribution in [0.15, 0.2) is 10.6 Å². The number of hydrogen-bond acceptors (Lipinski definition) is 4. The Hall–Kier alpha value is -1.36. The van der Waals surface area contributed by atoms with Crippen molar-refractivity contribution in [3.05, 3.63) is 17.5 Å². The van der Waals surface area contributed by atoms with Gasteiger partial charge in [-0.1, -0.05) is 5.16 Å². The fourth-order valence-corrected chi connectivity index (χ4v) is 0.614. The average molecular weight is 156 g/mol. The summed E-state index contributed by atoms with van der Waals surface area (Å²) in [6, 6.07) is 1.52. The second kappa shape index (κ2) is 3.16. The van der Waals surface area contributed by atoms with Crippen LogP contribution in [0.1, 0.15) is 16.2 Å². The van der Waals surface area contributed by atoms with E-state index in [2.05, 4.69) is 20.0 Å². The summed E-state index contributed by atoms with van der Waals surface area (Å²) in [6.07, 6.45) is 0. The highest BCUT2D eigenvalue weighted by atomic mass is 16.6. The van der Waals surface area contributed by atoms with Crippen molar-refractivity contribution >= 4 is 5.91 Å². The van der Waals surface area contributed by atoms with E-state index in [1.165, 1.54) is 13.2 Å². The van der Waals surface area contributed by atoms with Gasteiger partial charge in [0.1, 0.15) is 0 Å². The Morgan fingerprint density at radius 1 is 1.82 bits per heavy atom. The first-order valence-corrected chi connectivity index (χ1v) is 3.00. The van der Waals surface area contributed by atoms with Crippen LogP contribution in [-0.2, 0) is 4.84 Å². The van der Waals surface area contributed by atoms with Crippen LogP contribution in [0, 0.1) is 6.92 Å². The molecular formula is C6H8N2O3. The van der Waals surface area contributed by atoms with Gasteiger partial charge in [0.15, 0.2) is 0 Å². The average Bonchev–Trinajstić information content (AvgIpc) is 2.36. The highest BCUT2D eigenvalue weighted by molar-refractivity contribution is 5.90. The van der Waals surface area contributed by atoms with Crippen molar-refractivity contribution in [3.8, 4) is 0 Å². The van der Waals surface area contributed by atoms with Gasteiger partial charge in [-0.25, -0.2) is 5.48 Å². The Morgan fingerprint density at radius 2 is 2.55 bits per heavy atom. The standard InChI is InChI=1S/C6H8N2O3/c1-4-3-5(11-7-4)6(9)8-10-2/h3H,1-2H3,(H,8,9). The van der Waals surface area contributed by atoms with Gasteiger partial charge in [0, 0.05) is 6.07 Å². The van der Waals surface area contributed by atoms with E-state index in [4.69, 9.17) is 0 Å². The zero-order valence-corrected chi connectivity index (χ0v) is 6.25. The predicted octanol–water partition coefficient (Wildman–Crippen LogP) is 0.274. The molecule has 0 aliphatic heterocycles. The highest BCUT2D eigenvalue weighted by Crippen LogP contribution is 2.00. The van der Waals surface area contributed by atoms with Crippen molar-refractivity contribution in [2.24, 2.45) is 0 Å². The van der Waals surface area contributed by atoms with Crippen LogP contribution in [-0.4, -0.2) is 18.2 Å². The summed E-state index contributed by atoms with van der Waals surface area (Å²) < 4.78 is 4.64. The van der Waals surface area contributed by atoms with Crippen LogP contribution in [0.25, 0.3) is 0 Å². The van der Waals surface area contributed by atoms with Crippen LogP contribution in [0.2, 0.25) is 0 Å². The molecule has 0 unspecified atom stereocenters. The lowest BCUT2D eigenvalue weighted by Gasteiger charge is -1.94. The van der Waals surface area contributed by atoms with E-state index in [0.717, 1.165) is 0 Å². The first-order chi connectivity index (χ1) is 5.24. The third-order valence-electron chi connectivity index (χ3n) is 1.05. The fraction of sp³-hybridized carbons (Fsp3) is 0.333. The minimum Gasteiger partial charge on any atom is -0.351 e. The molecule has 0 saturated heterocycles. The van der Waals surface area contributed by atoms with Crippen LogP contribution in [0.5, 0.6) is 0 Å². The molecule has 0 fully saturated rings. The monoisotopic (exact) mass is 156 g/mol. The summed E-state index contributed by atoms with van der Waals surface area (Å²) >= 11 is 0. The molecule has 5 heteroatoms. The van der Waals surface area contributed by atoms with Gasteiger partial charge < -0.3 is 4.52 Å². The number of carbonyl (C=O) groups excluding carboxylic acids is 1. The molecule has 1 aromatic heterocycles. The Kier molecular flexibility index (Phi) is 2.22. The Labute approximate surface area is 63.3 Å². The van der Waals surface area contributed by atoms with Crippen molar-refractivity contribution in [2.75, 3.05) is 7.11 Å². The predicted molar refractivity (Wildman–Crippen MR) is 35.7 cm³/mol. The van der Waals surface area contributed by atoms with Gasteiger partial charge in [0.2, 0.25) is 5.76 Å². The molecule has 0 aliphatic rings. The lowest BCUT2D eigenvalue weighted by molar-refractivity contribution is 0.0501. The molecule has 5 nitrogen and oxygen atoms in total. The zero-order valence-electron chi connectivity index (χ0n) is 6.25. The number of carbonyl (C=O) groups is 1. The molecular weight excluding hydrogens is 148 g/mol. The molecule has 0 radical (unpaired) electrons. The van der Waals surface area contributed by atoms with Crippen molar-refractivity contribution in [3.63, 3.8) is 0 Å². The molecule has 11 heavy (non-hydrogen) atoms. The second-order valence-corrected chi connectivity index (χ2v) is 1.97.